The number of hydrogen-bond acceptors (Lipinski definition) is 1. The van der Waals surface area contributed by atoms with Crippen molar-refractivity contribution in [1.82, 2.24) is 0 Å². The first kappa shape index (κ1) is 18.2. The first-order valence-electron chi connectivity index (χ1n) is 4.72. The monoisotopic (exact) mass is 414 g/mol. The molecule has 18 heavy (non-hydrogen) atoms. The van der Waals surface area contributed by atoms with E-state index in [1.165, 1.54) is 6.07 Å². The fourth-order valence-electron chi connectivity index (χ4n) is 0.751. The summed E-state index contributed by atoms with van der Waals surface area (Å²) in [5.41, 5.74) is 0. The first-order valence-corrected chi connectivity index (χ1v) is 7.12. The molecule has 0 amide bonds. The standard InChI is InChI=1S/C8H3Br2F5S.C2H6/c9-5-2-1-4(11)3-6(5)16-8(14,15)7(10,12)13;1-2/h1-3H;1-2H3. The number of hydrogen-bond donors (Lipinski definition) is 0. The van der Waals surface area contributed by atoms with Gasteiger partial charge in [-0.3, -0.25) is 0 Å². The van der Waals surface area contributed by atoms with Gasteiger partial charge in [0, 0.05) is 9.37 Å². The van der Waals surface area contributed by atoms with Gasteiger partial charge in [-0.15, -0.1) is 0 Å². The lowest BCUT2D eigenvalue weighted by Crippen LogP contribution is -2.31. The molecule has 0 nitrogen and oxygen atoms in total. The number of rotatable bonds is 3. The Labute approximate surface area is 123 Å². The molecule has 1 aromatic rings. The van der Waals surface area contributed by atoms with Crippen LogP contribution in [0.25, 0.3) is 0 Å². The van der Waals surface area contributed by atoms with Crippen molar-refractivity contribution in [3.8, 4) is 0 Å². The normalized spacial score (nSPS) is 11.8. The van der Waals surface area contributed by atoms with Crippen molar-refractivity contribution in [3.05, 3.63) is 28.5 Å². The third-order valence-corrected chi connectivity index (χ3v) is 4.25. The van der Waals surface area contributed by atoms with Gasteiger partial charge in [-0.25, -0.2) is 4.39 Å². The van der Waals surface area contributed by atoms with E-state index in [1.807, 2.05) is 13.8 Å². The third kappa shape index (κ3) is 5.05. The van der Waals surface area contributed by atoms with E-state index in [4.69, 9.17) is 0 Å². The summed E-state index contributed by atoms with van der Waals surface area (Å²) in [6, 6.07) is 2.94. The van der Waals surface area contributed by atoms with Gasteiger partial charge in [-0.1, -0.05) is 13.8 Å². The van der Waals surface area contributed by atoms with Gasteiger partial charge >= 0.3 is 10.1 Å². The molecule has 0 spiro atoms. The fourth-order valence-corrected chi connectivity index (χ4v) is 2.21. The largest absolute Gasteiger partial charge is 0.373 e. The molecule has 0 aliphatic carbocycles. The Morgan fingerprint density at radius 1 is 1.11 bits per heavy atom. The maximum atomic E-state index is 13.0. The molecule has 0 bridgehead atoms. The van der Waals surface area contributed by atoms with Crippen LogP contribution in [0.4, 0.5) is 22.0 Å². The number of alkyl halides is 5. The van der Waals surface area contributed by atoms with Crippen LogP contribution in [0.2, 0.25) is 0 Å². The molecule has 0 radical (unpaired) electrons. The first-order chi connectivity index (χ1) is 8.13. The molecule has 0 unspecified atom stereocenters. The fraction of sp³-hybridized carbons (Fsp3) is 0.400. The number of benzene rings is 1. The quantitative estimate of drug-likeness (QED) is 0.317. The molecule has 0 N–H and O–H groups in total. The molecule has 0 aliphatic heterocycles. The lowest BCUT2D eigenvalue weighted by molar-refractivity contribution is -0.0779. The zero-order valence-corrected chi connectivity index (χ0v) is 13.3. The molecule has 0 heterocycles. The molecule has 0 saturated heterocycles. The van der Waals surface area contributed by atoms with Crippen LogP contribution in [0, 0.1) is 5.82 Å². The summed E-state index contributed by atoms with van der Waals surface area (Å²) >= 11 is 4.03. The summed E-state index contributed by atoms with van der Waals surface area (Å²) in [6.07, 6.45) is 0. The highest BCUT2D eigenvalue weighted by Crippen LogP contribution is 2.51. The minimum atomic E-state index is -4.37. The van der Waals surface area contributed by atoms with Gasteiger partial charge in [0.2, 0.25) is 0 Å². The molecular weight excluding hydrogens is 407 g/mol. The smallest absolute Gasteiger partial charge is 0.207 e. The van der Waals surface area contributed by atoms with Crippen molar-refractivity contribution >= 4 is 43.6 Å². The Morgan fingerprint density at radius 3 is 2.06 bits per heavy atom. The summed E-state index contributed by atoms with van der Waals surface area (Å²) in [5, 5.41) is -4.37. The highest BCUT2D eigenvalue weighted by Gasteiger charge is 2.55. The highest BCUT2D eigenvalue weighted by atomic mass is 79.9. The molecule has 8 heteroatoms. The second-order valence-corrected chi connectivity index (χ2v) is 5.70. The Morgan fingerprint density at radius 2 is 1.61 bits per heavy atom. The topological polar surface area (TPSA) is 0 Å². The average Bonchev–Trinajstić information content (AvgIpc) is 2.24. The van der Waals surface area contributed by atoms with Crippen molar-refractivity contribution < 1.29 is 22.0 Å². The van der Waals surface area contributed by atoms with Crippen molar-refractivity contribution in [2.75, 3.05) is 0 Å². The van der Waals surface area contributed by atoms with Crippen LogP contribution in [0.5, 0.6) is 0 Å². The van der Waals surface area contributed by atoms with E-state index < -0.39 is 27.7 Å². The zero-order chi connectivity index (χ0) is 14.6. The number of halogens is 7. The third-order valence-electron chi connectivity index (χ3n) is 1.46. The second kappa shape index (κ2) is 7.09. The molecule has 1 aromatic carbocycles. The van der Waals surface area contributed by atoms with Gasteiger partial charge < -0.3 is 0 Å². The summed E-state index contributed by atoms with van der Waals surface area (Å²) < 4.78 is 63.7. The van der Waals surface area contributed by atoms with E-state index in [0.29, 0.717) is 0 Å². The van der Waals surface area contributed by atoms with Crippen molar-refractivity contribution in [1.29, 1.82) is 0 Å². The minimum Gasteiger partial charge on any atom is -0.207 e. The molecule has 0 aromatic heterocycles. The summed E-state index contributed by atoms with van der Waals surface area (Å²) in [6.45, 7) is 4.00. The van der Waals surface area contributed by atoms with Crippen LogP contribution in [0.1, 0.15) is 13.8 Å². The van der Waals surface area contributed by atoms with Gasteiger partial charge in [0.25, 0.3) is 0 Å². The van der Waals surface area contributed by atoms with Crippen LogP contribution < -0.4 is 0 Å². The molecule has 0 atom stereocenters. The molecule has 1 rings (SSSR count). The van der Waals surface area contributed by atoms with Crippen molar-refractivity contribution in [3.63, 3.8) is 0 Å². The van der Waals surface area contributed by atoms with E-state index in [1.54, 1.807) is 15.9 Å². The molecule has 104 valence electrons. The van der Waals surface area contributed by atoms with Gasteiger partial charge in [0.1, 0.15) is 5.82 Å². The van der Waals surface area contributed by atoms with E-state index >= 15 is 0 Å². The highest BCUT2D eigenvalue weighted by molar-refractivity contribution is 9.10. The van der Waals surface area contributed by atoms with Gasteiger partial charge in [-0.05, 0) is 61.8 Å². The maximum absolute atomic E-state index is 13.0. The van der Waals surface area contributed by atoms with E-state index in [9.17, 15) is 22.0 Å². The Kier molecular flexibility index (Phi) is 7.16. The van der Waals surface area contributed by atoms with Crippen LogP contribution in [0.15, 0.2) is 27.6 Å². The SMILES string of the molecule is CC.Fc1ccc(Br)c(SC(F)(F)C(F)(F)Br)c1. The van der Waals surface area contributed by atoms with Gasteiger partial charge in [-0.2, -0.15) is 17.6 Å². The predicted octanol–water partition coefficient (Wildman–Crippen LogP) is 6.29. The van der Waals surface area contributed by atoms with Crippen LogP contribution in [-0.2, 0) is 0 Å². The Bertz CT molecular complexity index is 392. The van der Waals surface area contributed by atoms with Crippen molar-refractivity contribution in [2.45, 2.75) is 28.8 Å². The Hall–Kier alpha value is 0.180. The summed E-state index contributed by atoms with van der Waals surface area (Å²) in [4.78, 5) is -4.67. The average molecular weight is 416 g/mol. The molecule has 0 aliphatic rings. The minimum absolute atomic E-state index is 0.121. The zero-order valence-electron chi connectivity index (χ0n) is 9.29. The van der Waals surface area contributed by atoms with E-state index in [-0.39, 0.29) is 9.37 Å². The summed E-state index contributed by atoms with van der Waals surface area (Å²) in [7, 11) is 0. The molecular formula is C10H9Br2F5S. The molecule has 0 fully saturated rings. The summed E-state index contributed by atoms with van der Waals surface area (Å²) in [5.74, 6) is -0.778. The van der Waals surface area contributed by atoms with Gasteiger partial charge in [0.05, 0.1) is 0 Å². The van der Waals surface area contributed by atoms with Crippen LogP contribution >= 0.6 is 43.6 Å². The lowest BCUT2D eigenvalue weighted by Gasteiger charge is -2.21. The second-order valence-electron chi connectivity index (χ2n) is 2.69. The van der Waals surface area contributed by atoms with Crippen LogP contribution in [0.3, 0.4) is 0 Å². The lowest BCUT2D eigenvalue weighted by atomic mass is 10.3. The maximum Gasteiger partial charge on any atom is 0.373 e. The predicted molar refractivity (Wildman–Crippen MR) is 70.1 cm³/mol. The van der Waals surface area contributed by atoms with E-state index in [0.717, 1.165) is 12.1 Å². The Balaban J connectivity index is 0.00000137. The van der Waals surface area contributed by atoms with E-state index in [2.05, 4.69) is 15.9 Å². The van der Waals surface area contributed by atoms with Gasteiger partial charge in [0.15, 0.2) is 0 Å². The van der Waals surface area contributed by atoms with Crippen molar-refractivity contribution in [2.24, 2.45) is 0 Å². The number of thioether (sulfide) groups is 1. The molecule has 0 saturated carbocycles. The van der Waals surface area contributed by atoms with Crippen LogP contribution in [-0.4, -0.2) is 10.1 Å².